The number of carbonyl (C=O) groups excluding carboxylic acids is 1. The summed E-state index contributed by atoms with van der Waals surface area (Å²) in [5.41, 5.74) is 0.603. The molecule has 5 nitrogen and oxygen atoms in total. The van der Waals surface area contributed by atoms with Gasteiger partial charge in [0.15, 0.2) is 0 Å². The quantitative estimate of drug-likeness (QED) is 0.795. The molecule has 0 bridgehead atoms. The Morgan fingerprint density at radius 2 is 2.25 bits per heavy atom. The van der Waals surface area contributed by atoms with Crippen LogP contribution in [-0.2, 0) is 11.8 Å². The summed E-state index contributed by atoms with van der Waals surface area (Å²) in [6, 6.07) is 3.55. The number of hydrogen-bond donors (Lipinski definition) is 1. The molecule has 1 aromatic rings. The van der Waals surface area contributed by atoms with Crippen LogP contribution >= 0.6 is 0 Å². The van der Waals surface area contributed by atoms with Gasteiger partial charge in [0.25, 0.3) is 5.91 Å². The van der Waals surface area contributed by atoms with E-state index in [4.69, 9.17) is 5.11 Å². The van der Waals surface area contributed by atoms with Crippen LogP contribution in [0.1, 0.15) is 16.9 Å². The average molecular weight is 222 g/mol. The van der Waals surface area contributed by atoms with Crippen molar-refractivity contribution in [3.05, 3.63) is 24.0 Å². The van der Waals surface area contributed by atoms with Gasteiger partial charge in [0.2, 0.25) is 0 Å². The maximum atomic E-state index is 12.0. The van der Waals surface area contributed by atoms with Crippen molar-refractivity contribution >= 4 is 11.9 Å². The van der Waals surface area contributed by atoms with Crippen molar-refractivity contribution in [1.82, 2.24) is 9.47 Å². The van der Waals surface area contributed by atoms with Gasteiger partial charge >= 0.3 is 5.97 Å². The van der Waals surface area contributed by atoms with E-state index in [0.29, 0.717) is 25.2 Å². The van der Waals surface area contributed by atoms with Gasteiger partial charge in [0.1, 0.15) is 5.69 Å². The molecule has 1 aliphatic heterocycles. The lowest BCUT2D eigenvalue weighted by Crippen LogP contribution is -2.31. The zero-order valence-electron chi connectivity index (χ0n) is 9.09. The third-order valence-electron chi connectivity index (χ3n) is 2.99. The zero-order valence-corrected chi connectivity index (χ0v) is 9.09. The molecule has 1 aromatic heterocycles. The Morgan fingerprint density at radius 3 is 2.75 bits per heavy atom. The molecule has 1 amide bonds. The van der Waals surface area contributed by atoms with Gasteiger partial charge in [-0.3, -0.25) is 9.59 Å². The Bertz CT molecular complexity index is 425. The first-order valence-corrected chi connectivity index (χ1v) is 5.23. The second-order valence-electron chi connectivity index (χ2n) is 4.08. The molecule has 5 heteroatoms. The van der Waals surface area contributed by atoms with Crippen molar-refractivity contribution in [2.24, 2.45) is 13.0 Å². The standard InChI is InChI=1S/C11H14N2O3/c1-12-5-2-3-9(12)10(14)13-6-4-8(7-13)11(15)16/h2-3,5,8H,4,6-7H2,1H3,(H,15,16). The lowest BCUT2D eigenvalue weighted by atomic mass is 10.1. The molecule has 1 saturated heterocycles. The highest BCUT2D eigenvalue weighted by atomic mass is 16.4. The Balaban J connectivity index is 2.08. The van der Waals surface area contributed by atoms with Crippen molar-refractivity contribution in [2.75, 3.05) is 13.1 Å². The number of aryl methyl sites for hydroxylation is 1. The van der Waals surface area contributed by atoms with Gasteiger partial charge < -0.3 is 14.6 Å². The molecule has 1 aliphatic rings. The molecule has 1 fully saturated rings. The first-order valence-electron chi connectivity index (χ1n) is 5.23. The van der Waals surface area contributed by atoms with Gasteiger partial charge in [-0.15, -0.1) is 0 Å². The maximum Gasteiger partial charge on any atom is 0.308 e. The van der Waals surface area contributed by atoms with E-state index in [1.807, 2.05) is 0 Å². The third kappa shape index (κ3) is 1.80. The number of aliphatic carboxylic acids is 1. The molecule has 0 aliphatic carbocycles. The van der Waals surface area contributed by atoms with Crippen LogP contribution in [0, 0.1) is 5.92 Å². The fourth-order valence-corrected chi connectivity index (χ4v) is 1.99. The molecule has 0 radical (unpaired) electrons. The van der Waals surface area contributed by atoms with Gasteiger partial charge in [-0.1, -0.05) is 0 Å². The number of carboxylic acids is 1. The van der Waals surface area contributed by atoms with E-state index in [1.54, 1.807) is 34.8 Å². The Hall–Kier alpha value is -1.78. The van der Waals surface area contributed by atoms with E-state index in [-0.39, 0.29) is 5.91 Å². The number of nitrogens with zero attached hydrogens (tertiary/aromatic N) is 2. The summed E-state index contributed by atoms with van der Waals surface area (Å²) in [4.78, 5) is 24.4. The molecule has 1 N–H and O–H groups in total. The van der Waals surface area contributed by atoms with E-state index in [0.717, 1.165) is 0 Å². The number of likely N-dealkylation sites (tertiary alicyclic amines) is 1. The van der Waals surface area contributed by atoms with Crippen LogP contribution in [-0.4, -0.2) is 39.5 Å². The minimum atomic E-state index is -0.817. The van der Waals surface area contributed by atoms with Crippen molar-refractivity contribution in [3.63, 3.8) is 0 Å². The second-order valence-corrected chi connectivity index (χ2v) is 4.08. The molecule has 2 rings (SSSR count). The highest BCUT2D eigenvalue weighted by Gasteiger charge is 2.31. The van der Waals surface area contributed by atoms with Crippen molar-refractivity contribution in [3.8, 4) is 0 Å². The average Bonchev–Trinajstić information content (AvgIpc) is 2.84. The van der Waals surface area contributed by atoms with Crippen molar-refractivity contribution in [2.45, 2.75) is 6.42 Å². The predicted molar refractivity (Wildman–Crippen MR) is 57.1 cm³/mol. The van der Waals surface area contributed by atoms with Gasteiger partial charge in [0, 0.05) is 26.3 Å². The van der Waals surface area contributed by atoms with Crippen LogP contribution in [0.3, 0.4) is 0 Å². The van der Waals surface area contributed by atoms with Gasteiger partial charge in [0.05, 0.1) is 5.92 Å². The number of amides is 1. The van der Waals surface area contributed by atoms with Crippen LogP contribution in [0.2, 0.25) is 0 Å². The van der Waals surface area contributed by atoms with E-state index in [9.17, 15) is 9.59 Å². The number of aromatic nitrogens is 1. The summed E-state index contributed by atoms with van der Waals surface area (Å²) in [6.07, 6.45) is 2.35. The van der Waals surface area contributed by atoms with Gasteiger partial charge in [-0.2, -0.15) is 0 Å². The van der Waals surface area contributed by atoms with Gasteiger partial charge in [-0.25, -0.2) is 0 Å². The van der Waals surface area contributed by atoms with Crippen LogP contribution < -0.4 is 0 Å². The lowest BCUT2D eigenvalue weighted by molar-refractivity contribution is -0.141. The highest BCUT2D eigenvalue weighted by molar-refractivity contribution is 5.93. The maximum absolute atomic E-state index is 12.0. The monoisotopic (exact) mass is 222 g/mol. The van der Waals surface area contributed by atoms with Crippen LogP contribution in [0.5, 0.6) is 0 Å². The summed E-state index contributed by atoms with van der Waals surface area (Å²) in [7, 11) is 1.80. The molecule has 16 heavy (non-hydrogen) atoms. The van der Waals surface area contributed by atoms with Crippen LogP contribution in [0.4, 0.5) is 0 Å². The molecule has 0 spiro atoms. The van der Waals surface area contributed by atoms with E-state index in [1.165, 1.54) is 0 Å². The van der Waals surface area contributed by atoms with Crippen molar-refractivity contribution in [1.29, 1.82) is 0 Å². The normalized spacial score (nSPS) is 20.1. The zero-order chi connectivity index (χ0) is 11.7. The SMILES string of the molecule is Cn1cccc1C(=O)N1CCC(C(=O)O)C1. The Morgan fingerprint density at radius 1 is 1.50 bits per heavy atom. The molecular formula is C11H14N2O3. The van der Waals surface area contributed by atoms with Crippen LogP contribution in [0.15, 0.2) is 18.3 Å². The summed E-state index contributed by atoms with van der Waals surface area (Å²) in [6.45, 7) is 0.848. The molecule has 86 valence electrons. The first kappa shape index (κ1) is 10.7. The number of rotatable bonds is 2. The van der Waals surface area contributed by atoms with Crippen molar-refractivity contribution < 1.29 is 14.7 Å². The lowest BCUT2D eigenvalue weighted by Gasteiger charge is -2.15. The summed E-state index contributed by atoms with van der Waals surface area (Å²) in [5.74, 6) is -1.32. The molecule has 2 heterocycles. The summed E-state index contributed by atoms with van der Waals surface area (Å²) in [5, 5.41) is 8.85. The fraction of sp³-hybridized carbons (Fsp3) is 0.455. The largest absolute Gasteiger partial charge is 0.481 e. The number of carboxylic acid groups (broad SMARTS) is 1. The van der Waals surface area contributed by atoms with E-state index in [2.05, 4.69) is 0 Å². The van der Waals surface area contributed by atoms with Crippen LogP contribution in [0.25, 0.3) is 0 Å². The highest BCUT2D eigenvalue weighted by Crippen LogP contribution is 2.18. The molecule has 0 saturated carbocycles. The second kappa shape index (κ2) is 4.00. The molecule has 0 aromatic carbocycles. The minimum Gasteiger partial charge on any atom is -0.481 e. The smallest absolute Gasteiger partial charge is 0.308 e. The summed E-state index contributed by atoms with van der Waals surface area (Å²) < 4.78 is 1.75. The minimum absolute atomic E-state index is 0.0868. The molecular weight excluding hydrogens is 208 g/mol. The summed E-state index contributed by atoms with van der Waals surface area (Å²) >= 11 is 0. The van der Waals surface area contributed by atoms with E-state index >= 15 is 0 Å². The fourth-order valence-electron chi connectivity index (χ4n) is 1.99. The number of hydrogen-bond acceptors (Lipinski definition) is 2. The van der Waals surface area contributed by atoms with Gasteiger partial charge in [-0.05, 0) is 18.6 Å². The Kier molecular flexibility index (Phi) is 2.68. The third-order valence-corrected chi connectivity index (χ3v) is 2.99. The topological polar surface area (TPSA) is 62.5 Å². The Labute approximate surface area is 93.3 Å². The molecule has 1 unspecified atom stereocenters. The number of carbonyl (C=O) groups is 2. The molecule has 1 atom stereocenters. The van der Waals surface area contributed by atoms with E-state index < -0.39 is 11.9 Å². The predicted octanol–water partition coefficient (Wildman–Crippen LogP) is 0.572. The first-order chi connectivity index (χ1) is 7.59.